The van der Waals surface area contributed by atoms with E-state index in [1.54, 1.807) is 36.7 Å². The molecule has 3 N–H and O–H groups in total. The van der Waals surface area contributed by atoms with E-state index in [4.69, 9.17) is 0 Å². The quantitative estimate of drug-likeness (QED) is 0.191. The van der Waals surface area contributed by atoms with E-state index in [0.717, 1.165) is 10.1 Å². The Morgan fingerprint density at radius 2 is 1.47 bits per heavy atom. The van der Waals surface area contributed by atoms with Crippen LogP contribution >= 0.6 is 0 Å². The molecule has 0 unspecified atom stereocenters. The molecule has 13 nitrogen and oxygen atoms in total. The fraction of sp³-hybridized carbons (Fsp3) is 0.0857. The van der Waals surface area contributed by atoms with Crippen LogP contribution < -0.4 is 21.3 Å². The number of aryl methyl sites for hydroxylation is 1. The van der Waals surface area contributed by atoms with Gasteiger partial charge < -0.3 is 10.4 Å². The molecule has 6 aromatic rings. The monoisotopic (exact) mass is 712 g/mol. The number of aromatic nitrogens is 4. The molecule has 258 valence electrons. The van der Waals surface area contributed by atoms with Gasteiger partial charge in [0.25, 0.3) is 21.5 Å². The molecule has 0 radical (unpaired) electrons. The van der Waals surface area contributed by atoms with Gasteiger partial charge in [0.15, 0.2) is 0 Å². The summed E-state index contributed by atoms with van der Waals surface area (Å²) >= 11 is 0. The van der Waals surface area contributed by atoms with Crippen molar-refractivity contribution in [2.75, 3.05) is 4.72 Å². The molecule has 3 aromatic carbocycles. The molecule has 51 heavy (non-hydrogen) atoms. The summed E-state index contributed by atoms with van der Waals surface area (Å²) in [5, 5.41) is 12.1. The van der Waals surface area contributed by atoms with Gasteiger partial charge in [-0.05, 0) is 71.3 Å². The van der Waals surface area contributed by atoms with Crippen LogP contribution in [0.15, 0.2) is 118 Å². The highest BCUT2D eigenvalue weighted by atomic mass is 32.2. The first kappa shape index (κ1) is 34.3. The van der Waals surface area contributed by atoms with Crippen molar-refractivity contribution in [3.05, 3.63) is 147 Å². The second-order valence-corrected chi connectivity index (χ2v) is 13.0. The summed E-state index contributed by atoms with van der Waals surface area (Å²) < 4.78 is 60.4. The Morgan fingerprint density at radius 3 is 2.10 bits per heavy atom. The lowest BCUT2D eigenvalue weighted by atomic mass is 10.0. The number of carboxylic acid groups (broad SMARTS) is 1. The molecular weight excluding hydrogens is 686 g/mol. The Hall–Kier alpha value is -6.55. The number of hydrogen-bond acceptors (Lipinski definition) is 8. The fourth-order valence-electron chi connectivity index (χ4n) is 5.40. The molecular formula is C35H26F2N6O7S. The zero-order valence-electron chi connectivity index (χ0n) is 26.4. The summed E-state index contributed by atoms with van der Waals surface area (Å²) in [7, 11) is -2.81. The minimum atomic E-state index is -4.30. The number of amides is 1. The number of fused-ring (bicyclic) bond motifs is 1. The first-order valence-corrected chi connectivity index (χ1v) is 16.5. The van der Waals surface area contributed by atoms with Gasteiger partial charge in [0, 0.05) is 32.1 Å². The molecule has 1 amide bonds. The van der Waals surface area contributed by atoms with Crippen molar-refractivity contribution in [2.24, 2.45) is 7.05 Å². The van der Waals surface area contributed by atoms with E-state index >= 15 is 8.78 Å². The van der Waals surface area contributed by atoms with Crippen LogP contribution in [0.25, 0.3) is 27.7 Å². The number of aliphatic carboxylic acids is 1. The van der Waals surface area contributed by atoms with Crippen molar-refractivity contribution in [1.82, 2.24) is 24.4 Å². The van der Waals surface area contributed by atoms with Crippen LogP contribution in [0.2, 0.25) is 0 Å². The highest BCUT2D eigenvalue weighted by Gasteiger charge is 2.27. The highest BCUT2D eigenvalue weighted by molar-refractivity contribution is 7.92. The number of benzene rings is 3. The first-order chi connectivity index (χ1) is 24.3. The van der Waals surface area contributed by atoms with E-state index in [9.17, 15) is 32.7 Å². The maximum absolute atomic E-state index is 15.1. The molecule has 3 heterocycles. The molecule has 0 fully saturated rings. The molecule has 0 saturated carbocycles. The average Bonchev–Trinajstić information content (AvgIpc) is 3.11. The maximum atomic E-state index is 15.1. The van der Waals surface area contributed by atoms with Crippen molar-refractivity contribution in [3.63, 3.8) is 0 Å². The number of carbonyl (C=O) groups excluding carboxylic acids is 1. The molecule has 0 aliphatic heterocycles. The van der Waals surface area contributed by atoms with E-state index in [2.05, 4.69) is 20.0 Å². The first-order valence-electron chi connectivity index (χ1n) is 15.0. The number of anilines is 1. The summed E-state index contributed by atoms with van der Waals surface area (Å²) in [4.78, 5) is 58.7. The topological polar surface area (TPSA) is 182 Å². The molecule has 6 rings (SSSR count). The summed E-state index contributed by atoms with van der Waals surface area (Å²) in [6.07, 6.45) is 5.64. The Morgan fingerprint density at radius 1 is 0.863 bits per heavy atom. The lowest BCUT2D eigenvalue weighted by Gasteiger charge is -2.16. The zero-order chi connectivity index (χ0) is 36.4. The summed E-state index contributed by atoms with van der Waals surface area (Å²) in [6, 6.07) is 16.0. The van der Waals surface area contributed by atoms with Crippen molar-refractivity contribution in [2.45, 2.75) is 17.4 Å². The van der Waals surface area contributed by atoms with Gasteiger partial charge in [-0.15, -0.1) is 0 Å². The smallest absolute Gasteiger partial charge is 0.335 e. The van der Waals surface area contributed by atoms with Crippen molar-refractivity contribution in [3.8, 4) is 16.8 Å². The van der Waals surface area contributed by atoms with Gasteiger partial charge in [0.2, 0.25) is 0 Å². The number of nitrogens with zero attached hydrogens (tertiary/aromatic N) is 4. The molecule has 0 spiro atoms. The molecule has 1 atom stereocenters. The second-order valence-electron chi connectivity index (χ2n) is 11.3. The van der Waals surface area contributed by atoms with Gasteiger partial charge in [-0.1, -0.05) is 24.3 Å². The van der Waals surface area contributed by atoms with Gasteiger partial charge in [-0.2, -0.15) is 0 Å². The third kappa shape index (κ3) is 6.98. The van der Waals surface area contributed by atoms with Crippen molar-refractivity contribution < 1.29 is 31.9 Å². The van der Waals surface area contributed by atoms with Gasteiger partial charge in [-0.25, -0.2) is 31.4 Å². The predicted molar refractivity (Wildman–Crippen MR) is 182 cm³/mol. The van der Waals surface area contributed by atoms with Crippen LogP contribution in [0.4, 0.5) is 14.5 Å². The molecule has 0 saturated heterocycles. The van der Waals surface area contributed by atoms with E-state index in [0.29, 0.717) is 28.8 Å². The van der Waals surface area contributed by atoms with E-state index < -0.39 is 62.1 Å². The van der Waals surface area contributed by atoms with Crippen LogP contribution in [-0.4, -0.2) is 50.5 Å². The fourth-order valence-corrected chi connectivity index (χ4v) is 6.44. The normalized spacial score (nSPS) is 12.0. The zero-order valence-corrected chi connectivity index (χ0v) is 27.3. The number of sulfonamides is 1. The molecule has 3 aromatic heterocycles. The predicted octanol–water partition coefficient (Wildman–Crippen LogP) is 3.65. The lowest BCUT2D eigenvalue weighted by Crippen LogP contribution is -2.43. The average molecular weight is 713 g/mol. The third-order valence-electron chi connectivity index (χ3n) is 8.01. The van der Waals surface area contributed by atoms with E-state index in [1.807, 2.05) is 0 Å². The van der Waals surface area contributed by atoms with Crippen LogP contribution in [0.1, 0.15) is 15.9 Å². The number of nitrogens with one attached hydrogen (secondary N) is 2. The lowest BCUT2D eigenvalue weighted by molar-refractivity contribution is -0.139. The molecule has 0 aliphatic rings. The minimum Gasteiger partial charge on any atom is -0.480 e. The summed E-state index contributed by atoms with van der Waals surface area (Å²) in [5.41, 5.74) is -0.461. The standard InChI is InChI=1S/C35H26F2N6O7S/c1-42-30-19-39-15-12-26(30)33(45)43(35(42)48)24-6-2-20(3-7-24)16-29(34(46)47)40-32(44)31-27(36)17-23(18-28(31)37)41-51(49,50)25-8-4-21(5-9-25)22-10-13-38-14-11-22/h2-15,17-19,29,41H,16H2,1H3,(H,40,44)(H,46,47)/t29-/m0/s1. The van der Waals surface area contributed by atoms with Crippen LogP contribution in [0, 0.1) is 11.6 Å². The maximum Gasteiger partial charge on any atom is 0.335 e. The number of carboxylic acids is 1. The number of halogens is 2. The summed E-state index contributed by atoms with van der Waals surface area (Å²) in [6.45, 7) is 0. The number of rotatable bonds is 10. The van der Waals surface area contributed by atoms with Crippen LogP contribution in [-0.2, 0) is 28.3 Å². The Labute approximate surface area is 287 Å². The van der Waals surface area contributed by atoms with Gasteiger partial charge in [0.05, 0.1) is 33.4 Å². The van der Waals surface area contributed by atoms with Crippen molar-refractivity contribution >= 4 is 38.5 Å². The Kier molecular flexibility index (Phi) is 9.25. The van der Waals surface area contributed by atoms with Crippen molar-refractivity contribution in [1.29, 1.82) is 0 Å². The van der Waals surface area contributed by atoms with Gasteiger partial charge in [-0.3, -0.25) is 28.8 Å². The van der Waals surface area contributed by atoms with E-state index in [1.165, 1.54) is 66.5 Å². The Bertz CT molecular complexity index is 2520. The Balaban J connectivity index is 1.17. The molecule has 0 aliphatic carbocycles. The number of pyridine rings is 2. The minimum absolute atomic E-state index is 0.190. The number of hydrogen-bond donors (Lipinski definition) is 3. The summed E-state index contributed by atoms with van der Waals surface area (Å²) in [5.74, 6) is -5.79. The van der Waals surface area contributed by atoms with Crippen LogP contribution in [0.3, 0.4) is 0 Å². The highest BCUT2D eigenvalue weighted by Crippen LogP contribution is 2.25. The number of carbonyl (C=O) groups is 2. The second kappa shape index (κ2) is 13.8. The van der Waals surface area contributed by atoms with Gasteiger partial charge >= 0.3 is 11.7 Å². The molecule has 0 bridgehead atoms. The largest absolute Gasteiger partial charge is 0.480 e. The van der Waals surface area contributed by atoms with E-state index in [-0.39, 0.29) is 22.4 Å². The van der Waals surface area contributed by atoms with Gasteiger partial charge in [0.1, 0.15) is 23.2 Å². The molecule has 16 heteroatoms. The SMILES string of the molecule is Cn1c(=O)n(-c2ccc(C[C@H](NC(=O)c3c(F)cc(NS(=O)(=O)c4ccc(-c5ccncc5)cc4)cc3F)C(=O)O)cc2)c(=O)c2ccncc21. The van der Waals surface area contributed by atoms with Crippen LogP contribution in [0.5, 0.6) is 0 Å². The third-order valence-corrected chi connectivity index (χ3v) is 9.41.